The van der Waals surface area contributed by atoms with Crippen LogP contribution in [0.2, 0.25) is 0 Å². The molecule has 24 heavy (non-hydrogen) atoms. The summed E-state index contributed by atoms with van der Waals surface area (Å²) in [7, 11) is 1.61. The Hall–Kier alpha value is -2.60. The molecule has 0 bridgehead atoms. The van der Waals surface area contributed by atoms with Crippen LogP contribution in [-0.4, -0.2) is 32.0 Å². The van der Waals surface area contributed by atoms with Gasteiger partial charge < -0.3 is 21.1 Å². The van der Waals surface area contributed by atoms with E-state index in [1.807, 2.05) is 6.07 Å². The van der Waals surface area contributed by atoms with Crippen molar-refractivity contribution in [2.45, 2.75) is 19.3 Å². The Balaban J connectivity index is 2.27. The van der Waals surface area contributed by atoms with Gasteiger partial charge in [0, 0.05) is 42.7 Å². The van der Waals surface area contributed by atoms with E-state index in [2.05, 4.69) is 17.2 Å². The molecule has 0 aromatic heterocycles. The number of amides is 1. The SMILES string of the molecule is C=CC1=C(Nc2ccc(C(N)=O)c(NCCOC)c2)CCCC1=O. The van der Waals surface area contributed by atoms with Gasteiger partial charge in [-0.3, -0.25) is 9.59 Å². The molecule has 0 atom stereocenters. The molecule has 0 heterocycles. The molecule has 0 saturated heterocycles. The maximum atomic E-state index is 12.0. The number of benzene rings is 1. The van der Waals surface area contributed by atoms with Gasteiger partial charge in [-0.15, -0.1) is 0 Å². The van der Waals surface area contributed by atoms with Crippen molar-refractivity contribution in [2.24, 2.45) is 5.73 Å². The van der Waals surface area contributed by atoms with Crippen LogP contribution in [0.3, 0.4) is 0 Å². The molecule has 0 spiro atoms. The predicted octanol–water partition coefficient (Wildman–Crippen LogP) is 2.45. The van der Waals surface area contributed by atoms with Gasteiger partial charge in [0.15, 0.2) is 5.78 Å². The molecular formula is C18H23N3O3. The fourth-order valence-corrected chi connectivity index (χ4v) is 2.68. The van der Waals surface area contributed by atoms with Crippen molar-refractivity contribution in [2.75, 3.05) is 30.9 Å². The van der Waals surface area contributed by atoms with Crippen molar-refractivity contribution in [1.82, 2.24) is 0 Å². The van der Waals surface area contributed by atoms with Crippen LogP contribution in [0.1, 0.15) is 29.6 Å². The van der Waals surface area contributed by atoms with Crippen LogP contribution in [0.5, 0.6) is 0 Å². The summed E-state index contributed by atoms with van der Waals surface area (Å²) in [5.41, 5.74) is 8.73. The Morgan fingerprint density at radius 3 is 2.88 bits per heavy atom. The first-order valence-electron chi connectivity index (χ1n) is 7.89. The molecule has 1 amide bonds. The number of nitrogens with one attached hydrogen (secondary N) is 2. The molecule has 6 heteroatoms. The highest BCUT2D eigenvalue weighted by Crippen LogP contribution is 2.27. The molecule has 1 aromatic carbocycles. The summed E-state index contributed by atoms with van der Waals surface area (Å²) in [4.78, 5) is 23.5. The molecule has 0 unspecified atom stereocenters. The summed E-state index contributed by atoms with van der Waals surface area (Å²) in [5.74, 6) is -0.397. The van der Waals surface area contributed by atoms with Gasteiger partial charge in [0.2, 0.25) is 0 Å². The van der Waals surface area contributed by atoms with Crippen LogP contribution in [0, 0.1) is 0 Å². The molecule has 1 aliphatic rings. The van der Waals surface area contributed by atoms with Gasteiger partial charge in [0.05, 0.1) is 12.2 Å². The lowest BCUT2D eigenvalue weighted by Gasteiger charge is -2.20. The lowest BCUT2D eigenvalue weighted by atomic mass is 9.94. The Kier molecular flexibility index (Phi) is 6.14. The van der Waals surface area contributed by atoms with E-state index < -0.39 is 5.91 Å². The molecule has 4 N–H and O–H groups in total. The molecule has 0 radical (unpaired) electrons. The molecule has 1 aromatic rings. The zero-order valence-corrected chi connectivity index (χ0v) is 13.9. The number of allylic oxidation sites excluding steroid dienone is 3. The molecule has 0 saturated carbocycles. The number of ketones is 1. The lowest BCUT2D eigenvalue weighted by Crippen LogP contribution is -2.17. The number of hydrogen-bond donors (Lipinski definition) is 3. The standard InChI is InChI=1S/C18H23N3O3/c1-3-13-15(5-4-6-17(13)22)21-12-7-8-14(18(19)23)16(11-12)20-9-10-24-2/h3,7-8,11,20-21H,1,4-6,9-10H2,2H3,(H2,19,23). The Morgan fingerprint density at radius 1 is 1.42 bits per heavy atom. The second kappa shape index (κ2) is 8.31. The number of hydrogen-bond acceptors (Lipinski definition) is 5. The third-order valence-electron chi connectivity index (χ3n) is 3.86. The maximum absolute atomic E-state index is 12.0. The fourth-order valence-electron chi connectivity index (χ4n) is 2.68. The molecule has 2 rings (SSSR count). The van der Waals surface area contributed by atoms with Crippen LogP contribution in [0.25, 0.3) is 0 Å². The number of carbonyl (C=O) groups excluding carboxylic acids is 2. The van der Waals surface area contributed by atoms with Gasteiger partial charge in [0.1, 0.15) is 0 Å². The van der Waals surface area contributed by atoms with E-state index in [-0.39, 0.29) is 5.78 Å². The van der Waals surface area contributed by atoms with Gasteiger partial charge in [-0.2, -0.15) is 0 Å². The smallest absolute Gasteiger partial charge is 0.250 e. The zero-order valence-electron chi connectivity index (χ0n) is 13.9. The van der Waals surface area contributed by atoms with Crippen molar-refractivity contribution >= 4 is 23.1 Å². The van der Waals surface area contributed by atoms with Crippen molar-refractivity contribution in [3.8, 4) is 0 Å². The Morgan fingerprint density at radius 2 is 2.21 bits per heavy atom. The fraction of sp³-hybridized carbons (Fsp3) is 0.333. The number of primary amides is 1. The van der Waals surface area contributed by atoms with Gasteiger partial charge in [-0.05, 0) is 31.0 Å². The third kappa shape index (κ3) is 4.23. The Bertz CT molecular complexity index is 680. The van der Waals surface area contributed by atoms with Crippen LogP contribution < -0.4 is 16.4 Å². The highest BCUT2D eigenvalue weighted by atomic mass is 16.5. The number of anilines is 2. The van der Waals surface area contributed by atoms with E-state index in [1.54, 1.807) is 25.3 Å². The first-order valence-corrected chi connectivity index (χ1v) is 7.89. The summed E-state index contributed by atoms with van der Waals surface area (Å²) >= 11 is 0. The number of rotatable bonds is 8. The maximum Gasteiger partial charge on any atom is 0.250 e. The molecule has 128 valence electrons. The predicted molar refractivity (Wildman–Crippen MR) is 95.0 cm³/mol. The summed E-state index contributed by atoms with van der Waals surface area (Å²) in [6.07, 6.45) is 3.75. The average molecular weight is 329 g/mol. The highest BCUT2D eigenvalue weighted by Gasteiger charge is 2.18. The summed E-state index contributed by atoms with van der Waals surface area (Å²) in [6, 6.07) is 5.25. The first kappa shape index (κ1) is 17.7. The van der Waals surface area contributed by atoms with E-state index in [9.17, 15) is 9.59 Å². The number of nitrogens with two attached hydrogens (primary N) is 1. The summed E-state index contributed by atoms with van der Waals surface area (Å²) in [5, 5.41) is 6.41. The van der Waals surface area contributed by atoms with Gasteiger partial charge in [0.25, 0.3) is 5.91 Å². The van der Waals surface area contributed by atoms with Crippen molar-refractivity contribution in [3.63, 3.8) is 0 Å². The van der Waals surface area contributed by atoms with Gasteiger partial charge in [-0.1, -0.05) is 12.7 Å². The number of carbonyl (C=O) groups is 2. The minimum Gasteiger partial charge on any atom is -0.383 e. The van der Waals surface area contributed by atoms with Gasteiger partial charge in [-0.25, -0.2) is 0 Å². The van der Waals surface area contributed by atoms with Crippen LogP contribution >= 0.6 is 0 Å². The minimum atomic E-state index is -0.500. The molecule has 1 aliphatic carbocycles. The van der Waals surface area contributed by atoms with E-state index in [1.165, 1.54) is 0 Å². The van der Waals surface area contributed by atoms with Crippen molar-refractivity contribution in [3.05, 3.63) is 47.7 Å². The molecule has 0 aliphatic heterocycles. The molecule has 0 fully saturated rings. The lowest BCUT2D eigenvalue weighted by molar-refractivity contribution is -0.115. The molecular weight excluding hydrogens is 306 g/mol. The number of methoxy groups -OCH3 is 1. The van der Waals surface area contributed by atoms with Crippen LogP contribution in [-0.2, 0) is 9.53 Å². The second-order valence-corrected chi connectivity index (χ2v) is 5.54. The summed E-state index contributed by atoms with van der Waals surface area (Å²) in [6.45, 7) is 4.79. The second-order valence-electron chi connectivity index (χ2n) is 5.54. The quantitative estimate of drug-likeness (QED) is 0.637. The van der Waals surface area contributed by atoms with E-state index in [4.69, 9.17) is 10.5 Å². The number of Topliss-reactive ketones (excluding diaryl/α,β-unsaturated/α-hetero) is 1. The minimum absolute atomic E-state index is 0.103. The van der Waals surface area contributed by atoms with Gasteiger partial charge >= 0.3 is 0 Å². The third-order valence-corrected chi connectivity index (χ3v) is 3.86. The first-order chi connectivity index (χ1) is 11.6. The van der Waals surface area contributed by atoms with E-state index in [0.717, 1.165) is 24.2 Å². The average Bonchev–Trinajstić information content (AvgIpc) is 2.55. The normalized spacial score (nSPS) is 14.5. The highest BCUT2D eigenvalue weighted by molar-refractivity contribution is 6.00. The monoisotopic (exact) mass is 329 g/mol. The summed E-state index contributed by atoms with van der Waals surface area (Å²) < 4.78 is 5.01. The van der Waals surface area contributed by atoms with E-state index in [0.29, 0.717) is 36.4 Å². The van der Waals surface area contributed by atoms with Crippen LogP contribution in [0.15, 0.2) is 42.1 Å². The Labute approximate surface area is 141 Å². The zero-order chi connectivity index (χ0) is 17.5. The van der Waals surface area contributed by atoms with Crippen molar-refractivity contribution in [1.29, 1.82) is 0 Å². The number of ether oxygens (including phenoxy) is 1. The largest absolute Gasteiger partial charge is 0.383 e. The van der Waals surface area contributed by atoms with E-state index >= 15 is 0 Å². The molecule has 6 nitrogen and oxygen atoms in total. The van der Waals surface area contributed by atoms with Crippen molar-refractivity contribution < 1.29 is 14.3 Å². The van der Waals surface area contributed by atoms with Crippen LogP contribution in [0.4, 0.5) is 11.4 Å². The topological polar surface area (TPSA) is 93.4 Å².